The Morgan fingerprint density at radius 1 is 1.17 bits per heavy atom. The number of nitrogens with zero attached hydrogens (tertiary/aromatic N) is 4. The van der Waals surface area contributed by atoms with Crippen molar-refractivity contribution >= 4 is 33.5 Å². The van der Waals surface area contributed by atoms with E-state index < -0.39 is 21.8 Å². The molecule has 3 rings (SSSR count). The highest BCUT2D eigenvalue weighted by atomic mass is 32.2. The fraction of sp³-hybridized carbons (Fsp3) is 0.542. The van der Waals surface area contributed by atoms with Gasteiger partial charge in [0.1, 0.15) is 23.6 Å². The molecule has 0 spiro atoms. The number of carbonyl (C=O) groups excluding carboxylic acids is 1. The molecule has 0 saturated carbocycles. The maximum absolute atomic E-state index is 12.1. The minimum atomic E-state index is -3.49. The van der Waals surface area contributed by atoms with Crippen molar-refractivity contribution in [3.63, 3.8) is 0 Å². The van der Waals surface area contributed by atoms with Crippen LogP contribution in [0.1, 0.15) is 40.5 Å². The van der Waals surface area contributed by atoms with Crippen LogP contribution in [0.25, 0.3) is 0 Å². The topological polar surface area (TPSA) is 126 Å². The second kappa shape index (κ2) is 11.8. The molecule has 2 N–H and O–H groups in total. The van der Waals surface area contributed by atoms with Crippen LogP contribution in [0.5, 0.6) is 0 Å². The summed E-state index contributed by atoms with van der Waals surface area (Å²) in [6.45, 7) is 9.58. The average Bonchev–Trinajstić information content (AvgIpc) is 2.79. The molecule has 1 aliphatic heterocycles. The molecule has 1 saturated heterocycles. The van der Waals surface area contributed by atoms with Gasteiger partial charge in [-0.05, 0) is 63.8 Å². The van der Waals surface area contributed by atoms with E-state index in [1.165, 1.54) is 6.33 Å². The number of carbonyl (C=O) groups is 1. The summed E-state index contributed by atoms with van der Waals surface area (Å²) in [5.74, 6) is 1.80. The van der Waals surface area contributed by atoms with Crippen molar-refractivity contribution < 1.29 is 22.8 Å². The summed E-state index contributed by atoms with van der Waals surface area (Å²) >= 11 is 0. The van der Waals surface area contributed by atoms with Gasteiger partial charge >= 0.3 is 6.16 Å². The summed E-state index contributed by atoms with van der Waals surface area (Å²) < 4.78 is 31.9. The van der Waals surface area contributed by atoms with Crippen molar-refractivity contribution in [2.45, 2.75) is 51.0 Å². The molecule has 36 heavy (non-hydrogen) atoms. The van der Waals surface area contributed by atoms with Gasteiger partial charge in [-0.25, -0.2) is 27.9 Å². The van der Waals surface area contributed by atoms with Gasteiger partial charge in [-0.15, -0.1) is 5.06 Å². The number of sulfonamides is 1. The first kappa shape index (κ1) is 27.6. The van der Waals surface area contributed by atoms with E-state index in [2.05, 4.69) is 24.9 Å². The zero-order chi connectivity index (χ0) is 26.3. The number of nitrogens with one attached hydrogen (secondary N) is 2. The molecule has 198 valence electrons. The van der Waals surface area contributed by atoms with Crippen molar-refractivity contribution in [3.05, 3.63) is 36.7 Å². The van der Waals surface area contributed by atoms with Gasteiger partial charge in [0.05, 0.1) is 4.90 Å². The van der Waals surface area contributed by atoms with E-state index >= 15 is 0 Å². The Morgan fingerprint density at radius 2 is 1.83 bits per heavy atom. The highest BCUT2D eigenvalue weighted by Crippen LogP contribution is 2.23. The molecule has 11 nitrogen and oxygen atoms in total. The van der Waals surface area contributed by atoms with E-state index in [1.54, 1.807) is 57.0 Å². The molecular weight excluding hydrogens is 484 g/mol. The normalized spacial score (nSPS) is 15.4. The van der Waals surface area contributed by atoms with Gasteiger partial charge in [0, 0.05) is 45.0 Å². The molecule has 0 bridgehead atoms. The number of hydrogen-bond acceptors (Lipinski definition) is 10. The molecule has 0 unspecified atom stereocenters. The van der Waals surface area contributed by atoms with Crippen LogP contribution in [0, 0.1) is 5.92 Å². The Balaban J connectivity index is 1.51. The Bertz CT molecular complexity index is 1110. The van der Waals surface area contributed by atoms with Gasteiger partial charge in [0.2, 0.25) is 10.0 Å². The number of hydroxylamine groups is 2. The van der Waals surface area contributed by atoms with Gasteiger partial charge in [-0.3, -0.25) is 0 Å². The Hall–Kier alpha value is -2.96. The minimum Gasteiger partial charge on any atom is -0.427 e. The highest BCUT2D eigenvalue weighted by Gasteiger charge is 2.26. The third-order valence-corrected chi connectivity index (χ3v) is 7.08. The number of anilines is 3. The van der Waals surface area contributed by atoms with Gasteiger partial charge in [-0.2, -0.15) is 0 Å². The molecule has 0 atom stereocenters. The number of rotatable bonds is 9. The van der Waals surface area contributed by atoms with Gasteiger partial charge < -0.3 is 19.8 Å². The first-order valence-corrected chi connectivity index (χ1v) is 13.5. The van der Waals surface area contributed by atoms with Crippen LogP contribution >= 0.6 is 0 Å². The molecule has 0 aliphatic carbocycles. The molecule has 1 fully saturated rings. The molecule has 0 amide bonds. The van der Waals surface area contributed by atoms with E-state index in [9.17, 15) is 13.2 Å². The second-order valence-corrected chi connectivity index (χ2v) is 11.5. The zero-order valence-corrected chi connectivity index (χ0v) is 22.3. The third-order valence-electron chi connectivity index (χ3n) is 5.51. The lowest BCUT2D eigenvalue weighted by molar-refractivity contribution is -0.154. The quantitative estimate of drug-likeness (QED) is 0.474. The fourth-order valence-electron chi connectivity index (χ4n) is 3.80. The Labute approximate surface area is 213 Å². The van der Waals surface area contributed by atoms with Gasteiger partial charge in [0.25, 0.3) is 0 Å². The van der Waals surface area contributed by atoms with E-state index in [4.69, 9.17) is 9.57 Å². The lowest BCUT2D eigenvalue weighted by Gasteiger charge is -2.33. The van der Waals surface area contributed by atoms with Crippen molar-refractivity contribution in [2.24, 2.45) is 5.92 Å². The fourth-order valence-corrected chi connectivity index (χ4v) is 4.84. The van der Waals surface area contributed by atoms with Gasteiger partial charge in [-0.1, -0.05) is 6.92 Å². The van der Waals surface area contributed by atoms with Crippen LogP contribution in [0.2, 0.25) is 0 Å². The monoisotopic (exact) mass is 520 g/mol. The standard InChI is InChI=1S/C24H36N6O5S/c1-6-27-36(32,33)20-9-7-19(8-10-20)28-21-15-22(26-17-25-21)29(5)16-18-11-13-30(14-12-18)35-23(31)34-24(2,3)4/h7-10,15,17-18,27H,6,11-14,16H2,1-5H3,(H,25,26,28). The number of hydrogen-bond donors (Lipinski definition) is 2. The maximum Gasteiger partial charge on any atom is 0.528 e. The third kappa shape index (κ3) is 8.32. The van der Waals surface area contributed by atoms with Crippen LogP contribution in [0.3, 0.4) is 0 Å². The minimum absolute atomic E-state index is 0.209. The van der Waals surface area contributed by atoms with Gasteiger partial charge in [0.15, 0.2) is 0 Å². The SMILES string of the molecule is CCNS(=O)(=O)c1ccc(Nc2cc(N(C)CC3CCN(OC(=O)OC(C)(C)C)CC3)ncn2)cc1. The smallest absolute Gasteiger partial charge is 0.427 e. The van der Waals surface area contributed by atoms with E-state index in [0.29, 0.717) is 31.4 Å². The molecular formula is C24H36N6O5S. The summed E-state index contributed by atoms with van der Waals surface area (Å²) in [6, 6.07) is 8.34. The van der Waals surface area contributed by atoms with Crippen LogP contribution in [-0.2, 0) is 19.6 Å². The first-order chi connectivity index (χ1) is 16.9. The van der Waals surface area contributed by atoms with E-state index in [-0.39, 0.29) is 4.90 Å². The zero-order valence-electron chi connectivity index (χ0n) is 21.5. The summed E-state index contributed by atoms with van der Waals surface area (Å²) in [6.07, 6.45) is 2.58. The molecule has 0 radical (unpaired) electrons. The summed E-state index contributed by atoms with van der Waals surface area (Å²) in [5.41, 5.74) is 0.134. The van der Waals surface area contributed by atoms with Crippen LogP contribution in [-0.4, -0.2) is 68.4 Å². The van der Waals surface area contributed by atoms with Crippen LogP contribution in [0.15, 0.2) is 41.6 Å². The molecule has 1 aromatic carbocycles. The summed E-state index contributed by atoms with van der Waals surface area (Å²) in [4.78, 5) is 28.1. The summed E-state index contributed by atoms with van der Waals surface area (Å²) in [5, 5.41) is 4.85. The highest BCUT2D eigenvalue weighted by molar-refractivity contribution is 7.89. The molecule has 2 heterocycles. The van der Waals surface area contributed by atoms with Crippen molar-refractivity contribution in [2.75, 3.05) is 43.4 Å². The summed E-state index contributed by atoms with van der Waals surface area (Å²) in [7, 11) is -1.51. The predicted octanol–water partition coefficient (Wildman–Crippen LogP) is 3.53. The predicted molar refractivity (Wildman–Crippen MR) is 138 cm³/mol. The molecule has 2 aromatic rings. The number of piperidine rings is 1. The Morgan fingerprint density at radius 3 is 2.44 bits per heavy atom. The molecule has 1 aromatic heterocycles. The van der Waals surface area contributed by atoms with Crippen molar-refractivity contribution in [1.82, 2.24) is 19.8 Å². The van der Waals surface area contributed by atoms with Crippen molar-refractivity contribution in [1.29, 1.82) is 0 Å². The van der Waals surface area contributed by atoms with E-state index in [0.717, 1.165) is 30.9 Å². The molecule has 1 aliphatic rings. The van der Waals surface area contributed by atoms with E-state index in [1.807, 2.05) is 13.1 Å². The largest absolute Gasteiger partial charge is 0.528 e. The maximum atomic E-state index is 12.1. The van der Waals surface area contributed by atoms with Crippen LogP contribution in [0.4, 0.5) is 22.1 Å². The lowest BCUT2D eigenvalue weighted by atomic mass is 9.97. The van der Waals surface area contributed by atoms with Crippen LogP contribution < -0.4 is 14.9 Å². The lowest BCUT2D eigenvalue weighted by Crippen LogP contribution is -2.40. The number of aromatic nitrogens is 2. The first-order valence-electron chi connectivity index (χ1n) is 12.0. The van der Waals surface area contributed by atoms with Crippen molar-refractivity contribution in [3.8, 4) is 0 Å². The number of benzene rings is 1. The number of ether oxygens (including phenoxy) is 1. The second-order valence-electron chi connectivity index (χ2n) is 9.72. The average molecular weight is 521 g/mol. The Kier molecular flexibility index (Phi) is 9.09. The molecule has 12 heteroatoms.